The van der Waals surface area contributed by atoms with Crippen molar-refractivity contribution in [3.05, 3.63) is 60.8 Å². The summed E-state index contributed by atoms with van der Waals surface area (Å²) in [5.41, 5.74) is 0. The molecular weight excluding hydrogens is 687 g/mol. The van der Waals surface area contributed by atoms with Crippen LogP contribution in [0.4, 0.5) is 0 Å². The van der Waals surface area contributed by atoms with Crippen molar-refractivity contribution in [3.63, 3.8) is 0 Å². The van der Waals surface area contributed by atoms with Gasteiger partial charge in [0.2, 0.25) is 5.91 Å². The molecule has 0 rings (SSSR count). The summed E-state index contributed by atoms with van der Waals surface area (Å²) in [7, 11) is 0. The van der Waals surface area contributed by atoms with Crippen LogP contribution in [0.2, 0.25) is 0 Å². The van der Waals surface area contributed by atoms with Crippen LogP contribution in [-0.4, -0.2) is 34.9 Å². The molecule has 0 aromatic heterocycles. The van der Waals surface area contributed by atoms with E-state index >= 15 is 0 Å². The number of carbonyl (C=O) groups is 1. The zero-order valence-electron chi connectivity index (χ0n) is 37.4. The summed E-state index contributed by atoms with van der Waals surface area (Å²) >= 11 is 0. The molecular formula is C52H95NO3. The van der Waals surface area contributed by atoms with Crippen LogP contribution in [-0.2, 0) is 4.79 Å². The molecule has 4 nitrogen and oxygen atoms in total. The summed E-state index contributed by atoms with van der Waals surface area (Å²) in [6.07, 6.45) is 66.3. The van der Waals surface area contributed by atoms with Crippen LogP contribution in [0.25, 0.3) is 0 Å². The first-order valence-corrected chi connectivity index (χ1v) is 24.5. The van der Waals surface area contributed by atoms with E-state index < -0.39 is 12.1 Å². The molecule has 0 heterocycles. The Bertz CT molecular complexity index is 934. The first kappa shape index (κ1) is 54.1. The summed E-state index contributed by atoms with van der Waals surface area (Å²) in [5.74, 6) is -0.0827. The number of nitrogens with one attached hydrogen (secondary N) is 1. The average molecular weight is 782 g/mol. The zero-order chi connectivity index (χ0) is 40.7. The highest BCUT2D eigenvalue weighted by Gasteiger charge is 2.17. The Morgan fingerprint density at radius 3 is 1.14 bits per heavy atom. The molecule has 0 aromatic carbocycles. The van der Waals surface area contributed by atoms with Crippen molar-refractivity contribution in [2.24, 2.45) is 0 Å². The first-order chi connectivity index (χ1) is 27.7. The number of aliphatic hydroxyl groups excluding tert-OH is 2. The standard InChI is InChI=1S/C52H95NO3/c1-3-5-7-9-11-13-15-17-19-21-23-25-26-28-29-31-33-35-37-39-41-43-45-47-51(55)50(49-54)53-52(56)48-46-44-42-40-38-36-34-32-30-27-24-22-20-18-16-14-12-10-8-6-4-2/h16,18,22,24,29,31,37,39,45,47,50-51,54-55H,3-15,17,19-21,23,25-28,30,32-36,38,40-44,46,48-49H2,1-2H3,(H,53,56)/b18-16-,24-22-,31-29+,39-37+,47-45+. The molecule has 4 heteroatoms. The molecule has 0 spiro atoms. The Balaban J connectivity index is 3.63. The minimum absolute atomic E-state index is 0.0827. The number of rotatable bonds is 44. The fraction of sp³-hybridized carbons (Fsp3) is 0.788. The Morgan fingerprint density at radius 1 is 0.429 bits per heavy atom. The minimum Gasteiger partial charge on any atom is -0.394 e. The molecule has 1 amide bonds. The summed E-state index contributed by atoms with van der Waals surface area (Å²) < 4.78 is 0. The third kappa shape index (κ3) is 43.2. The molecule has 0 aliphatic heterocycles. The van der Waals surface area contributed by atoms with Crippen molar-refractivity contribution in [1.29, 1.82) is 0 Å². The van der Waals surface area contributed by atoms with Gasteiger partial charge in [-0.05, 0) is 77.0 Å². The quantitative estimate of drug-likeness (QED) is 0.0426. The van der Waals surface area contributed by atoms with Gasteiger partial charge in [-0.3, -0.25) is 4.79 Å². The van der Waals surface area contributed by atoms with E-state index in [1.807, 2.05) is 6.08 Å². The van der Waals surface area contributed by atoms with Crippen molar-refractivity contribution in [2.75, 3.05) is 6.61 Å². The Kier molecular flexibility index (Phi) is 45.8. The van der Waals surface area contributed by atoms with E-state index in [2.05, 4.69) is 67.8 Å². The van der Waals surface area contributed by atoms with Crippen molar-refractivity contribution in [3.8, 4) is 0 Å². The van der Waals surface area contributed by atoms with Gasteiger partial charge in [-0.15, -0.1) is 0 Å². The molecule has 0 aliphatic carbocycles. The lowest BCUT2D eigenvalue weighted by Crippen LogP contribution is -2.45. The van der Waals surface area contributed by atoms with Crippen LogP contribution in [0.5, 0.6) is 0 Å². The predicted octanol–water partition coefficient (Wildman–Crippen LogP) is 15.7. The maximum absolute atomic E-state index is 12.4. The van der Waals surface area contributed by atoms with E-state index in [0.29, 0.717) is 6.42 Å². The third-order valence-corrected chi connectivity index (χ3v) is 11.0. The van der Waals surface area contributed by atoms with Crippen LogP contribution < -0.4 is 5.32 Å². The smallest absolute Gasteiger partial charge is 0.220 e. The van der Waals surface area contributed by atoms with Gasteiger partial charge in [0.05, 0.1) is 18.8 Å². The van der Waals surface area contributed by atoms with Gasteiger partial charge < -0.3 is 15.5 Å². The molecule has 2 atom stereocenters. The van der Waals surface area contributed by atoms with E-state index in [1.54, 1.807) is 6.08 Å². The van der Waals surface area contributed by atoms with Gasteiger partial charge >= 0.3 is 0 Å². The number of hydrogen-bond acceptors (Lipinski definition) is 3. The number of aliphatic hydroxyl groups is 2. The maximum atomic E-state index is 12.4. The highest BCUT2D eigenvalue weighted by Crippen LogP contribution is 2.14. The molecule has 0 saturated heterocycles. The van der Waals surface area contributed by atoms with Gasteiger partial charge in [0.1, 0.15) is 0 Å². The second-order valence-corrected chi connectivity index (χ2v) is 16.5. The van der Waals surface area contributed by atoms with Crippen LogP contribution >= 0.6 is 0 Å². The summed E-state index contributed by atoms with van der Waals surface area (Å²) in [5, 5.41) is 23.1. The van der Waals surface area contributed by atoms with Crippen LogP contribution in [0.3, 0.4) is 0 Å². The Hall–Kier alpha value is -1.91. The lowest BCUT2D eigenvalue weighted by molar-refractivity contribution is -0.123. The summed E-state index contributed by atoms with van der Waals surface area (Å²) in [4.78, 5) is 12.4. The normalized spacial score (nSPS) is 13.4. The number of amides is 1. The second kappa shape index (κ2) is 47.5. The largest absolute Gasteiger partial charge is 0.394 e. The highest BCUT2D eigenvalue weighted by molar-refractivity contribution is 5.76. The number of allylic oxidation sites excluding steroid dienone is 9. The zero-order valence-corrected chi connectivity index (χ0v) is 37.4. The van der Waals surface area contributed by atoms with E-state index in [4.69, 9.17) is 0 Å². The number of hydrogen-bond donors (Lipinski definition) is 3. The Morgan fingerprint density at radius 2 is 0.750 bits per heavy atom. The van der Waals surface area contributed by atoms with Gasteiger partial charge in [0.15, 0.2) is 0 Å². The number of unbranched alkanes of at least 4 members (excludes halogenated alkanes) is 29. The van der Waals surface area contributed by atoms with Gasteiger partial charge in [-0.1, -0.05) is 222 Å². The fourth-order valence-corrected chi connectivity index (χ4v) is 7.18. The first-order valence-electron chi connectivity index (χ1n) is 24.5. The molecule has 0 radical (unpaired) electrons. The van der Waals surface area contributed by atoms with Gasteiger partial charge in [0.25, 0.3) is 0 Å². The van der Waals surface area contributed by atoms with Gasteiger partial charge in [-0.2, -0.15) is 0 Å². The van der Waals surface area contributed by atoms with Crippen molar-refractivity contribution >= 4 is 5.91 Å². The predicted molar refractivity (Wildman–Crippen MR) is 248 cm³/mol. The fourth-order valence-electron chi connectivity index (χ4n) is 7.18. The van der Waals surface area contributed by atoms with E-state index in [1.165, 1.54) is 180 Å². The van der Waals surface area contributed by atoms with Crippen molar-refractivity contribution < 1.29 is 15.0 Å². The van der Waals surface area contributed by atoms with Crippen LogP contribution in [0.1, 0.15) is 245 Å². The lowest BCUT2D eigenvalue weighted by atomic mass is 10.0. The van der Waals surface area contributed by atoms with E-state index in [9.17, 15) is 15.0 Å². The minimum atomic E-state index is -0.874. The molecule has 326 valence electrons. The monoisotopic (exact) mass is 782 g/mol. The van der Waals surface area contributed by atoms with E-state index in [0.717, 1.165) is 44.9 Å². The van der Waals surface area contributed by atoms with Crippen molar-refractivity contribution in [2.45, 2.75) is 257 Å². The molecule has 0 fully saturated rings. The molecule has 0 bridgehead atoms. The lowest BCUT2D eigenvalue weighted by Gasteiger charge is -2.19. The molecule has 3 N–H and O–H groups in total. The van der Waals surface area contributed by atoms with Gasteiger partial charge in [0, 0.05) is 6.42 Å². The SMILES string of the molecule is CCCCCCC/C=C\C/C=C\CCCCCCCCCCCC(=O)NC(CO)C(O)/C=C/CC/C=C/CC/C=C/CCCCCCCCCCCCCCC. The highest BCUT2D eigenvalue weighted by atomic mass is 16.3. The van der Waals surface area contributed by atoms with E-state index in [-0.39, 0.29) is 12.5 Å². The van der Waals surface area contributed by atoms with Gasteiger partial charge in [-0.25, -0.2) is 0 Å². The molecule has 56 heavy (non-hydrogen) atoms. The molecule has 2 unspecified atom stereocenters. The van der Waals surface area contributed by atoms with Crippen LogP contribution in [0.15, 0.2) is 60.8 Å². The third-order valence-electron chi connectivity index (χ3n) is 11.0. The maximum Gasteiger partial charge on any atom is 0.220 e. The Labute approximate surface area is 349 Å². The summed E-state index contributed by atoms with van der Waals surface area (Å²) in [6.45, 7) is 4.29. The number of carbonyl (C=O) groups excluding carboxylic acids is 1. The van der Waals surface area contributed by atoms with Crippen molar-refractivity contribution in [1.82, 2.24) is 5.32 Å². The van der Waals surface area contributed by atoms with Crippen LogP contribution in [0, 0.1) is 0 Å². The summed E-state index contributed by atoms with van der Waals surface area (Å²) in [6, 6.07) is -0.650. The molecule has 0 saturated carbocycles. The average Bonchev–Trinajstić information content (AvgIpc) is 3.20. The molecule has 0 aromatic rings. The molecule has 0 aliphatic rings. The topological polar surface area (TPSA) is 69.6 Å². The second-order valence-electron chi connectivity index (χ2n) is 16.5.